The van der Waals surface area contributed by atoms with Crippen LogP contribution in [0.2, 0.25) is 5.04 Å². The van der Waals surface area contributed by atoms with Gasteiger partial charge in [-0.2, -0.15) is 0 Å². The number of carbonyl (C=O) groups excluding carboxylic acids is 1. The molecule has 2 aromatic carbocycles. The number of hydrogen-bond donors (Lipinski definition) is 0. The first-order valence-electron chi connectivity index (χ1n) is 10.7. The summed E-state index contributed by atoms with van der Waals surface area (Å²) in [5.74, 6) is 0.571. The minimum absolute atomic E-state index is 0.0145. The van der Waals surface area contributed by atoms with E-state index in [-0.39, 0.29) is 10.8 Å². The summed E-state index contributed by atoms with van der Waals surface area (Å²) in [6.45, 7) is 13.6. The first kappa shape index (κ1) is 23.3. The van der Waals surface area contributed by atoms with Gasteiger partial charge in [0, 0.05) is 13.0 Å². The normalized spacial score (nSPS) is 13.9. The molecule has 0 amide bonds. The van der Waals surface area contributed by atoms with Crippen LogP contribution in [0, 0.1) is 5.92 Å². The van der Waals surface area contributed by atoms with Gasteiger partial charge in [-0.3, -0.25) is 4.79 Å². The largest absolute Gasteiger partial charge is 0.407 e. The lowest BCUT2D eigenvalue weighted by Gasteiger charge is -2.43. The summed E-state index contributed by atoms with van der Waals surface area (Å²) < 4.78 is 6.97. The van der Waals surface area contributed by atoms with Crippen molar-refractivity contribution < 1.29 is 9.22 Å². The highest BCUT2D eigenvalue weighted by Crippen LogP contribution is 2.37. The highest BCUT2D eigenvalue weighted by Gasteiger charge is 2.50. The lowest BCUT2D eigenvalue weighted by atomic mass is 10.0. The van der Waals surface area contributed by atoms with Crippen molar-refractivity contribution in [2.24, 2.45) is 5.92 Å². The Bertz CT molecular complexity index is 764. The van der Waals surface area contributed by atoms with E-state index in [0.717, 1.165) is 12.0 Å². The van der Waals surface area contributed by atoms with Crippen LogP contribution >= 0.6 is 0 Å². The predicted molar refractivity (Wildman–Crippen MR) is 126 cm³/mol. The maximum Gasteiger partial charge on any atom is 0.261 e. The summed E-state index contributed by atoms with van der Waals surface area (Å²) >= 11 is 0. The first-order valence-corrected chi connectivity index (χ1v) is 12.6. The fraction of sp³-hybridized carbons (Fsp3) is 0.423. The zero-order valence-electron chi connectivity index (χ0n) is 18.9. The number of rotatable bonds is 9. The van der Waals surface area contributed by atoms with E-state index in [9.17, 15) is 4.79 Å². The van der Waals surface area contributed by atoms with Crippen molar-refractivity contribution >= 4 is 24.5 Å². The topological polar surface area (TPSA) is 26.3 Å². The Morgan fingerprint density at radius 3 is 1.90 bits per heavy atom. The number of carbonyl (C=O) groups is 1. The van der Waals surface area contributed by atoms with E-state index in [2.05, 4.69) is 94.4 Å². The Labute approximate surface area is 178 Å². The molecular weight excluding hydrogens is 372 g/mol. The molecule has 0 aliphatic rings. The van der Waals surface area contributed by atoms with Crippen LogP contribution in [0.15, 0.2) is 72.3 Å². The fourth-order valence-electron chi connectivity index (χ4n) is 3.87. The zero-order valence-corrected chi connectivity index (χ0v) is 19.9. The molecule has 1 atom stereocenters. The van der Waals surface area contributed by atoms with E-state index in [1.807, 2.05) is 13.8 Å². The third-order valence-corrected chi connectivity index (χ3v) is 10.6. The molecule has 0 saturated carbocycles. The van der Waals surface area contributed by atoms with Gasteiger partial charge in [-0.1, -0.05) is 101 Å². The van der Waals surface area contributed by atoms with Crippen LogP contribution < -0.4 is 10.4 Å². The molecule has 2 rings (SSSR count). The summed E-state index contributed by atoms with van der Waals surface area (Å²) in [5, 5.41) is 2.59. The Hall–Kier alpha value is -1.97. The van der Waals surface area contributed by atoms with Crippen molar-refractivity contribution in [2.45, 2.75) is 59.4 Å². The van der Waals surface area contributed by atoms with Crippen LogP contribution in [-0.2, 0) is 9.22 Å². The van der Waals surface area contributed by atoms with Crippen LogP contribution in [0.1, 0.15) is 54.4 Å². The molecule has 0 radical (unpaired) electrons. The molecule has 0 N–H and O–H groups in total. The molecule has 2 aromatic rings. The van der Waals surface area contributed by atoms with Crippen LogP contribution in [0.4, 0.5) is 0 Å². The molecule has 0 saturated heterocycles. The molecule has 0 unspecified atom stereocenters. The minimum Gasteiger partial charge on any atom is -0.407 e. The number of hydrogen-bond acceptors (Lipinski definition) is 2. The monoisotopic (exact) mass is 408 g/mol. The SMILES string of the molecule is CCC(=O)/C(C)=C/C[C@@H](C)CO[Si](c1ccccc1)(c1ccccc1)C(C)(C)C. The van der Waals surface area contributed by atoms with Crippen molar-refractivity contribution in [1.82, 2.24) is 0 Å². The molecule has 156 valence electrons. The van der Waals surface area contributed by atoms with Gasteiger partial charge in [0.25, 0.3) is 8.32 Å². The molecule has 2 nitrogen and oxygen atoms in total. The average Bonchev–Trinajstić information content (AvgIpc) is 2.72. The molecular formula is C26H36O2Si. The van der Waals surface area contributed by atoms with Crippen LogP contribution in [-0.4, -0.2) is 20.7 Å². The van der Waals surface area contributed by atoms with E-state index in [0.29, 0.717) is 18.9 Å². The van der Waals surface area contributed by atoms with Gasteiger partial charge in [0.1, 0.15) is 0 Å². The van der Waals surface area contributed by atoms with Crippen molar-refractivity contribution in [3.63, 3.8) is 0 Å². The molecule has 0 spiro atoms. The van der Waals surface area contributed by atoms with Gasteiger partial charge in [0.2, 0.25) is 0 Å². The van der Waals surface area contributed by atoms with E-state index in [1.165, 1.54) is 10.4 Å². The van der Waals surface area contributed by atoms with Crippen molar-refractivity contribution in [3.05, 3.63) is 72.3 Å². The smallest absolute Gasteiger partial charge is 0.261 e. The highest BCUT2D eigenvalue weighted by molar-refractivity contribution is 6.99. The second-order valence-corrected chi connectivity index (χ2v) is 13.3. The summed E-state index contributed by atoms with van der Waals surface area (Å²) in [4.78, 5) is 11.9. The molecule has 0 aromatic heterocycles. The zero-order chi connectivity index (χ0) is 21.5. The van der Waals surface area contributed by atoms with E-state index >= 15 is 0 Å². The Morgan fingerprint density at radius 2 is 1.48 bits per heavy atom. The Morgan fingerprint density at radius 1 is 1.00 bits per heavy atom. The van der Waals surface area contributed by atoms with Gasteiger partial charge in [0.15, 0.2) is 5.78 Å². The lowest BCUT2D eigenvalue weighted by molar-refractivity contribution is -0.115. The molecule has 0 heterocycles. The van der Waals surface area contributed by atoms with E-state index in [1.54, 1.807) is 0 Å². The van der Waals surface area contributed by atoms with Crippen molar-refractivity contribution in [1.29, 1.82) is 0 Å². The van der Waals surface area contributed by atoms with Gasteiger partial charge in [-0.05, 0) is 40.2 Å². The highest BCUT2D eigenvalue weighted by atomic mass is 28.4. The maximum atomic E-state index is 11.9. The standard InChI is InChI=1S/C26H36O2Si/c1-7-25(27)22(3)19-18-21(2)20-28-29(26(4,5)6,23-14-10-8-11-15-23)24-16-12-9-13-17-24/h8-17,19,21H,7,18,20H2,1-6H3/b22-19+/t21-/m1/s1. The predicted octanol–water partition coefficient (Wildman–Crippen LogP) is 5.51. The van der Waals surface area contributed by atoms with Gasteiger partial charge >= 0.3 is 0 Å². The number of ketones is 1. The van der Waals surface area contributed by atoms with Gasteiger partial charge < -0.3 is 4.43 Å². The van der Waals surface area contributed by atoms with Crippen molar-refractivity contribution in [3.8, 4) is 0 Å². The van der Waals surface area contributed by atoms with Gasteiger partial charge in [-0.15, -0.1) is 0 Å². The van der Waals surface area contributed by atoms with Crippen LogP contribution in [0.3, 0.4) is 0 Å². The average molecular weight is 409 g/mol. The molecule has 29 heavy (non-hydrogen) atoms. The third-order valence-electron chi connectivity index (χ3n) is 5.59. The van der Waals surface area contributed by atoms with E-state index in [4.69, 9.17) is 4.43 Å². The molecule has 0 fully saturated rings. The van der Waals surface area contributed by atoms with Crippen LogP contribution in [0.25, 0.3) is 0 Å². The molecule has 3 heteroatoms. The van der Waals surface area contributed by atoms with Gasteiger partial charge in [0.05, 0.1) is 0 Å². The number of benzene rings is 2. The van der Waals surface area contributed by atoms with E-state index < -0.39 is 8.32 Å². The fourth-order valence-corrected chi connectivity index (χ4v) is 8.56. The maximum absolute atomic E-state index is 11.9. The first-order chi connectivity index (χ1) is 13.7. The molecule has 0 aliphatic heterocycles. The molecule has 0 aliphatic carbocycles. The summed E-state index contributed by atoms with van der Waals surface area (Å²) in [5.41, 5.74) is 0.866. The second kappa shape index (κ2) is 10.2. The number of Topliss-reactive ketones (excluding diaryl/α,β-unsaturated/α-hetero) is 1. The lowest BCUT2D eigenvalue weighted by Crippen LogP contribution is -2.66. The minimum atomic E-state index is -2.48. The summed E-state index contributed by atoms with van der Waals surface area (Å²) in [7, 11) is -2.48. The van der Waals surface area contributed by atoms with Crippen molar-refractivity contribution in [2.75, 3.05) is 6.61 Å². The summed E-state index contributed by atoms with van der Waals surface area (Å²) in [6.07, 6.45) is 3.50. The quantitative estimate of drug-likeness (QED) is 0.404. The molecule has 0 bridgehead atoms. The number of allylic oxidation sites excluding steroid dienone is 2. The third kappa shape index (κ3) is 5.55. The summed E-state index contributed by atoms with van der Waals surface area (Å²) in [6, 6.07) is 21.5. The Kier molecular flexibility index (Phi) is 8.18. The van der Waals surface area contributed by atoms with Gasteiger partial charge in [-0.25, -0.2) is 0 Å². The second-order valence-electron chi connectivity index (χ2n) is 8.98. The Balaban J connectivity index is 2.35. The van der Waals surface area contributed by atoms with Crippen LogP contribution in [0.5, 0.6) is 0 Å².